The minimum Gasteiger partial charge on any atom is -0.395 e. The van der Waals surface area contributed by atoms with Crippen molar-refractivity contribution in [2.75, 3.05) is 26.2 Å². The summed E-state index contributed by atoms with van der Waals surface area (Å²) in [7, 11) is 0. The molecular formula is C20H26N2O3S2. The summed E-state index contributed by atoms with van der Waals surface area (Å²) < 4.78 is 0.596. The van der Waals surface area contributed by atoms with Gasteiger partial charge in [0.2, 0.25) is 5.91 Å². The Morgan fingerprint density at radius 1 is 1.26 bits per heavy atom. The molecule has 0 atom stereocenters. The number of nitrogens with zero attached hydrogens (tertiary/aromatic N) is 2. The normalized spacial score (nSPS) is 15.6. The second-order valence-electron chi connectivity index (χ2n) is 6.25. The summed E-state index contributed by atoms with van der Waals surface area (Å²) in [6, 6.07) is 9.74. The van der Waals surface area contributed by atoms with Crippen LogP contribution in [0.3, 0.4) is 0 Å². The molecule has 1 heterocycles. The maximum Gasteiger partial charge on any atom is 0.266 e. The molecule has 0 aromatic heterocycles. The number of aliphatic hydroxyl groups is 1. The molecule has 1 N–H and O–H groups in total. The van der Waals surface area contributed by atoms with Crippen molar-refractivity contribution in [2.24, 2.45) is 0 Å². The molecule has 0 saturated carbocycles. The molecule has 0 spiro atoms. The van der Waals surface area contributed by atoms with Gasteiger partial charge in [-0.25, -0.2) is 0 Å². The Balaban J connectivity index is 1.76. The average Bonchev–Trinajstić information content (AvgIpc) is 2.93. The second-order valence-corrected chi connectivity index (χ2v) is 7.93. The predicted octanol–water partition coefficient (Wildman–Crippen LogP) is 3.29. The van der Waals surface area contributed by atoms with Crippen molar-refractivity contribution in [2.45, 2.75) is 32.6 Å². The summed E-state index contributed by atoms with van der Waals surface area (Å²) in [6.45, 7) is 3.48. The summed E-state index contributed by atoms with van der Waals surface area (Å²) in [5.41, 5.74) is 0.986. The SMILES string of the molecule is CCN(CCO)C(=O)CCCCCN1C(=O)/C(=C/c2ccccc2)SC1=S. The number of hydrogen-bond acceptors (Lipinski definition) is 5. The molecule has 1 aliphatic heterocycles. The number of hydrogen-bond donors (Lipinski definition) is 1. The minimum atomic E-state index is -0.0370. The molecule has 7 heteroatoms. The van der Waals surface area contributed by atoms with Gasteiger partial charge in [-0.2, -0.15) is 0 Å². The fourth-order valence-electron chi connectivity index (χ4n) is 2.85. The Hall–Kier alpha value is -1.70. The number of rotatable bonds is 10. The van der Waals surface area contributed by atoms with Gasteiger partial charge in [-0.3, -0.25) is 14.5 Å². The van der Waals surface area contributed by atoms with E-state index in [2.05, 4.69) is 0 Å². The summed E-state index contributed by atoms with van der Waals surface area (Å²) in [5.74, 6) is 0.0352. The molecule has 1 fully saturated rings. The highest BCUT2D eigenvalue weighted by Gasteiger charge is 2.31. The predicted molar refractivity (Wildman–Crippen MR) is 114 cm³/mol. The van der Waals surface area contributed by atoms with E-state index in [1.165, 1.54) is 11.8 Å². The van der Waals surface area contributed by atoms with Gasteiger partial charge >= 0.3 is 0 Å². The molecule has 1 aliphatic rings. The topological polar surface area (TPSA) is 60.9 Å². The highest BCUT2D eigenvalue weighted by molar-refractivity contribution is 8.26. The quantitative estimate of drug-likeness (QED) is 0.367. The molecule has 1 saturated heterocycles. The molecule has 5 nitrogen and oxygen atoms in total. The second kappa shape index (κ2) is 11.2. The molecule has 2 amide bonds. The zero-order valence-electron chi connectivity index (χ0n) is 15.6. The van der Waals surface area contributed by atoms with Gasteiger partial charge in [0.05, 0.1) is 11.5 Å². The van der Waals surface area contributed by atoms with Crippen molar-refractivity contribution in [1.29, 1.82) is 0 Å². The van der Waals surface area contributed by atoms with Crippen molar-refractivity contribution in [1.82, 2.24) is 9.80 Å². The first kappa shape index (κ1) is 21.6. The van der Waals surface area contributed by atoms with Crippen LogP contribution in [0.15, 0.2) is 35.2 Å². The summed E-state index contributed by atoms with van der Waals surface area (Å²) in [4.78, 5) is 28.6. The van der Waals surface area contributed by atoms with E-state index >= 15 is 0 Å². The number of carbonyl (C=O) groups is 2. The van der Waals surface area contributed by atoms with Crippen molar-refractivity contribution in [3.63, 3.8) is 0 Å². The van der Waals surface area contributed by atoms with Gasteiger partial charge in [-0.05, 0) is 31.4 Å². The van der Waals surface area contributed by atoms with Crippen molar-refractivity contribution in [3.05, 3.63) is 40.8 Å². The Labute approximate surface area is 170 Å². The Morgan fingerprint density at radius 2 is 2.00 bits per heavy atom. The Bertz CT molecular complexity index is 692. The monoisotopic (exact) mass is 406 g/mol. The lowest BCUT2D eigenvalue weighted by Crippen LogP contribution is -2.33. The van der Waals surface area contributed by atoms with Gasteiger partial charge in [-0.1, -0.05) is 60.7 Å². The first-order valence-electron chi connectivity index (χ1n) is 9.26. The van der Waals surface area contributed by atoms with Crippen LogP contribution in [0.2, 0.25) is 0 Å². The molecule has 0 radical (unpaired) electrons. The number of likely N-dealkylation sites (N-methyl/N-ethyl adjacent to an activating group) is 1. The fraction of sp³-hybridized carbons (Fsp3) is 0.450. The molecule has 27 heavy (non-hydrogen) atoms. The molecular weight excluding hydrogens is 380 g/mol. The van der Waals surface area contributed by atoms with Crippen LogP contribution in [0.1, 0.15) is 38.2 Å². The third-order valence-corrected chi connectivity index (χ3v) is 5.73. The molecule has 0 unspecified atom stereocenters. The minimum absolute atomic E-state index is 0.00933. The number of carbonyl (C=O) groups excluding carboxylic acids is 2. The molecule has 2 rings (SSSR count). The number of amides is 2. The first-order chi connectivity index (χ1) is 13.1. The fourth-order valence-corrected chi connectivity index (χ4v) is 4.16. The molecule has 0 aliphatic carbocycles. The lowest BCUT2D eigenvalue weighted by molar-refractivity contribution is -0.131. The zero-order valence-corrected chi connectivity index (χ0v) is 17.2. The molecule has 1 aromatic carbocycles. The van der Waals surface area contributed by atoms with E-state index in [1.807, 2.05) is 43.3 Å². The highest BCUT2D eigenvalue weighted by Crippen LogP contribution is 2.32. The summed E-state index contributed by atoms with van der Waals surface area (Å²) in [6.07, 6.45) is 4.79. The van der Waals surface area contributed by atoms with E-state index in [0.717, 1.165) is 24.8 Å². The van der Waals surface area contributed by atoms with E-state index in [0.29, 0.717) is 35.3 Å². The molecule has 1 aromatic rings. The number of unbranched alkanes of at least 4 members (excludes halogenated alkanes) is 2. The highest BCUT2D eigenvalue weighted by atomic mass is 32.2. The van der Waals surface area contributed by atoms with E-state index in [4.69, 9.17) is 17.3 Å². The van der Waals surface area contributed by atoms with Crippen LogP contribution < -0.4 is 0 Å². The molecule has 0 bridgehead atoms. The van der Waals surface area contributed by atoms with Gasteiger partial charge in [-0.15, -0.1) is 0 Å². The van der Waals surface area contributed by atoms with Crippen LogP contribution >= 0.6 is 24.0 Å². The van der Waals surface area contributed by atoms with Gasteiger partial charge in [0.25, 0.3) is 5.91 Å². The van der Waals surface area contributed by atoms with Gasteiger partial charge in [0.1, 0.15) is 4.32 Å². The number of thioether (sulfide) groups is 1. The van der Waals surface area contributed by atoms with E-state index in [9.17, 15) is 9.59 Å². The Morgan fingerprint density at radius 3 is 2.67 bits per heavy atom. The van der Waals surface area contributed by atoms with Crippen LogP contribution in [0.5, 0.6) is 0 Å². The van der Waals surface area contributed by atoms with Gasteiger partial charge in [0.15, 0.2) is 0 Å². The maximum absolute atomic E-state index is 12.6. The maximum atomic E-state index is 12.6. The summed E-state index contributed by atoms with van der Waals surface area (Å²) >= 11 is 6.69. The molecule has 146 valence electrons. The van der Waals surface area contributed by atoms with Crippen LogP contribution in [-0.2, 0) is 9.59 Å². The van der Waals surface area contributed by atoms with E-state index in [-0.39, 0.29) is 18.4 Å². The standard InChI is InChI=1S/C20H26N2O3S2/c1-2-21(13-14-23)18(24)11-7-4-8-12-22-19(25)17(27-20(22)26)15-16-9-5-3-6-10-16/h3,5-6,9-10,15,23H,2,4,7-8,11-14H2,1H3/b17-15-. The van der Waals surface area contributed by atoms with Crippen LogP contribution in [0.25, 0.3) is 6.08 Å². The third-order valence-electron chi connectivity index (χ3n) is 4.35. The van der Waals surface area contributed by atoms with Crippen molar-refractivity contribution < 1.29 is 14.7 Å². The van der Waals surface area contributed by atoms with Crippen LogP contribution in [0, 0.1) is 0 Å². The smallest absolute Gasteiger partial charge is 0.266 e. The third kappa shape index (κ3) is 6.45. The Kier molecular flexibility index (Phi) is 8.97. The number of thiocarbonyl (C=S) groups is 1. The van der Waals surface area contributed by atoms with Crippen molar-refractivity contribution >= 4 is 46.2 Å². The van der Waals surface area contributed by atoms with Crippen molar-refractivity contribution in [3.8, 4) is 0 Å². The lowest BCUT2D eigenvalue weighted by atomic mass is 10.1. The van der Waals surface area contributed by atoms with E-state index in [1.54, 1.807) is 9.80 Å². The number of benzene rings is 1. The lowest BCUT2D eigenvalue weighted by Gasteiger charge is -2.19. The first-order valence-corrected chi connectivity index (χ1v) is 10.5. The van der Waals surface area contributed by atoms with Crippen LogP contribution in [0.4, 0.5) is 0 Å². The number of aliphatic hydroxyl groups excluding tert-OH is 1. The zero-order chi connectivity index (χ0) is 19.6. The average molecular weight is 407 g/mol. The van der Waals surface area contributed by atoms with Gasteiger partial charge in [0, 0.05) is 26.1 Å². The largest absolute Gasteiger partial charge is 0.395 e. The van der Waals surface area contributed by atoms with Gasteiger partial charge < -0.3 is 10.0 Å². The van der Waals surface area contributed by atoms with Crippen LogP contribution in [-0.4, -0.2) is 57.3 Å². The summed E-state index contributed by atoms with van der Waals surface area (Å²) in [5, 5.41) is 8.96. The van der Waals surface area contributed by atoms with E-state index < -0.39 is 0 Å².